The molecule has 0 saturated carbocycles. The average molecular weight is 455 g/mol. The number of pyridine rings is 1. The van der Waals surface area contributed by atoms with E-state index in [0.29, 0.717) is 25.2 Å². The molecule has 12 heteroatoms. The van der Waals surface area contributed by atoms with Crippen molar-refractivity contribution in [3.8, 4) is 16.9 Å². The van der Waals surface area contributed by atoms with E-state index >= 15 is 0 Å². The van der Waals surface area contributed by atoms with E-state index in [1.54, 1.807) is 0 Å². The summed E-state index contributed by atoms with van der Waals surface area (Å²) >= 11 is 0. The summed E-state index contributed by atoms with van der Waals surface area (Å²) in [6, 6.07) is 3.59. The van der Waals surface area contributed by atoms with Crippen LogP contribution in [0.1, 0.15) is 12.8 Å². The lowest BCUT2D eigenvalue weighted by Crippen LogP contribution is -2.26. The Morgan fingerprint density at radius 1 is 1.18 bits per heavy atom. The summed E-state index contributed by atoms with van der Waals surface area (Å²) in [5.74, 6) is -3.51. The van der Waals surface area contributed by atoms with E-state index in [1.165, 1.54) is 29.3 Å². The molecule has 0 spiro atoms. The van der Waals surface area contributed by atoms with Crippen LogP contribution in [0.4, 0.5) is 23.7 Å². The summed E-state index contributed by atoms with van der Waals surface area (Å²) in [6.07, 6.45) is 5.94. The molecular weight excluding hydrogens is 439 g/mol. The second kappa shape index (κ2) is 8.45. The quantitative estimate of drug-likeness (QED) is 0.529. The molecule has 2 aromatic heterocycles. The molecule has 5 rings (SSSR count). The van der Waals surface area contributed by atoms with Gasteiger partial charge in [0.15, 0.2) is 17.5 Å². The second-order valence-corrected chi connectivity index (χ2v) is 7.43. The number of carbonyl (C=O) groups is 1. The number of anilines is 1. The number of allylic oxidation sites excluding steroid dienone is 1. The molecule has 1 atom stereocenters. The van der Waals surface area contributed by atoms with Gasteiger partial charge in [0.25, 0.3) is 0 Å². The summed E-state index contributed by atoms with van der Waals surface area (Å²) in [7, 11) is 0. The minimum Gasteiger partial charge on any atom is -0.444 e. The molecule has 1 saturated heterocycles. The summed E-state index contributed by atoms with van der Waals surface area (Å²) in [5, 5.41) is 10.6. The zero-order valence-corrected chi connectivity index (χ0v) is 17.0. The summed E-state index contributed by atoms with van der Waals surface area (Å²) in [5.41, 5.74) is -0.212. The van der Waals surface area contributed by atoms with Crippen LogP contribution in [0, 0.1) is 17.5 Å². The zero-order chi connectivity index (χ0) is 22.9. The standard InChI is InChI=1S/C21H16F3N7O2/c22-15-8-16(30-10-14(33-21(30)32)5-4-13-2-1-7-25-13)19(23)20(24)18(15)12-3-6-17(26-9-12)31-11-27-28-29-31/h1-3,6,8-9,11,14H,4-5,7,10H2/t14-/m0/s1. The van der Waals surface area contributed by atoms with Crippen molar-refractivity contribution in [1.29, 1.82) is 0 Å². The van der Waals surface area contributed by atoms with E-state index in [1.807, 2.05) is 12.2 Å². The highest BCUT2D eigenvalue weighted by atomic mass is 19.2. The maximum Gasteiger partial charge on any atom is 0.414 e. The monoisotopic (exact) mass is 455 g/mol. The highest BCUT2D eigenvalue weighted by molar-refractivity contribution is 5.96. The number of tetrazole rings is 1. The van der Waals surface area contributed by atoms with E-state index in [2.05, 4.69) is 25.5 Å². The van der Waals surface area contributed by atoms with Gasteiger partial charge in [0.1, 0.15) is 18.2 Å². The summed E-state index contributed by atoms with van der Waals surface area (Å²) in [6.45, 7) is 0.602. The lowest BCUT2D eigenvalue weighted by atomic mass is 10.0. The third kappa shape index (κ3) is 3.95. The molecule has 1 aromatic carbocycles. The molecule has 9 nitrogen and oxygen atoms in total. The SMILES string of the molecule is O=C1O[C@@H](CCC2=NCC=C2)CN1c1cc(F)c(-c2ccc(-n3cnnn3)nc2)c(F)c1F. The third-order valence-corrected chi connectivity index (χ3v) is 5.36. The number of hydrogen-bond donors (Lipinski definition) is 0. The molecule has 2 aliphatic heterocycles. The number of aliphatic imine (C=N–C) groups is 1. The van der Waals surface area contributed by atoms with Crippen LogP contribution in [-0.2, 0) is 4.74 Å². The first-order chi connectivity index (χ1) is 16.0. The number of amides is 1. The molecule has 168 valence electrons. The molecular formula is C21H16F3N7O2. The van der Waals surface area contributed by atoms with Crippen molar-refractivity contribution in [2.45, 2.75) is 18.9 Å². The fraction of sp³-hybridized carbons (Fsp3) is 0.238. The molecule has 33 heavy (non-hydrogen) atoms. The van der Waals surface area contributed by atoms with Crippen molar-refractivity contribution < 1.29 is 22.7 Å². The van der Waals surface area contributed by atoms with Crippen molar-refractivity contribution >= 4 is 17.5 Å². The maximum absolute atomic E-state index is 14.9. The number of nitrogens with zero attached hydrogens (tertiary/aromatic N) is 7. The van der Waals surface area contributed by atoms with Gasteiger partial charge in [-0.05, 0) is 41.5 Å². The summed E-state index contributed by atoms with van der Waals surface area (Å²) in [4.78, 5) is 21.5. The summed E-state index contributed by atoms with van der Waals surface area (Å²) < 4.78 is 51.3. The van der Waals surface area contributed by atoms with E-state index in [-0.39, 0.29) is 12.1 Å². The van der Waals surface area contributed by atoms with Crippen molar-refractivity contribution in [1.82, 2.24) is 25.2 Å². The number of cyclic esters (lactones) is 1. The van der Waals surface area contributed by atoms with Gasteiger partial charge in [0.2, 0.25) is 0 Å². The van der Waals surface area contributed by atoms with Crippen molar-refractivity contribution in [3.63, 3.8) is 0 Å². The lowest BCUT2D eigenvalue weighted by Gasteiger charge is -2.16. The van der Waals surface area contributed by atoms with Gasteiger partial charge in [-0.3, -0.25) is 9.89 Å². The van der Waals surface area contributed by atoms with Crippen LogP contribution in [0.15, 0.2) is 47.9 Å². The molecule has 0 bridgehead atoms. The zero-order valence-electron chi connectivity index (χ0n) is 17.0. The highest BCUT2D eigenvalue weighted by Gasteiger charge is 2.36. The predicted molar refractivity (Wildman–Crippen MR) is 111 cm³/mol. The Morgan fingerprint density at radius 2 is 2.06 bits per heavy atom. The average Bonchev–Trinajstić information content (AvgIpc) is 3.58. The highest BCUT2D eigenvalue weighted by Crippen LogP contribution is 2.35. The first-order valence-electron chi connectivity index (χ1n) is 10.1. The number of halogens is 3. The minimum atomic E-state index is -1.43. The fourth-order valence-electron chi connectivity index (χ4n) is 3.73. The van der Waals surface area contributed by atoms with Gasteiger partial charge in [-0.15, -0.1) is 5.10 Å². The van der Waals surface area contributed by atoms with Crippen LogP contribution in [-0.4, -0.2) is 56.2 Å². The van der Waals surface area contributed by atoms with Crippen LogP contribution >= 0.6 is 0 Å². The Hall–Kier alpha value is -4.09. The molecule has 0 N–H and O–H groups in total. The maximum atomic E-state index is 14.9. The largest absolute Gasteiger partial charge is 0.444 e. The smallest absolute Gasteiger partial charge is 0.414 e. The molecule has 0 radical (unpaired) electrons. The number of benzene rings is 1. The van der Waals surface area contributed by atoms with Crippen molar-refractivity contribution in [3.05, 3.63) is 60.3 Å². The fourth-order valence-corrected chi connectivity index (χ4v) is 3.73. The van der Waals surface area contributed by atoms with Gasteiger partial charge in [-0.25, -0.2) is 22.9 Å². The van der Waals surface area contributed by atoms with Crippen LogP contribution in [0.5, 0.6) is 0 Å². The van der Waals surface area contributed by atoms with Gasteiger partial charge >= 0.3 is 6.09 Å². The van der Waals surface area contributed by atoms with Crippen LogP contribution in [0.25, 0.3) is 16.9 Å². The van der Waals surface area contributed by atoms with E-state index in [9.17, 15) is 18.0 Å². The van der Waals surface area contributed by atoms with E-state index in [4.69, 9.17) is 4.74 Å². The molecule has 1 amide bonds. The molecule has 2 aliphatic rings. The van der Waals surface area contributed by atoms with Gasteiger partial charge in [-0.1, -0.05) is 6.08 Å². The number of ether oxygens (including phenoxy) is 1. The molecule has 0 unspecified atom stereocenters. The third-order valence-electron chi connectivity index (χ3n) is 5.36. The Kier molecular flexibility index (Phi) is 5.32. The van der Waals surface area contributed by atoms with Crippen LogP contribution in [0.3, 0.4) is 0 Å². The van der Waals surface area contributed by atoms with Gasteiger partial charge in [0.05, 0.1) is 24.3 Å². The van der Waals surface area contributed by atoms with Gasteiger partial charge < -0.3 is 4.74 Å². The van der Waals surface area contributed by atoms with Gasteiger partial charge in [-0.2, -0.15) is 4.68 Å². The second-order valence-electron chi connectivity index (χ2n) is 7.43. The first-order valence-corrected chi connectivity index (χ1v) is 10.1. The van der Waals surface area contributed by atoms with E-state index in [0.717, 1.165) is 16.7 Å². The first kappa shape index (κ1) is 20.8. The van der Waals surface area contributed by atoms with Gasteiger partial charge in [0, 0.05) is 23.5 Å². The van der Waals surface area contributed by atoms with Crippen LogP contribution < -0.4 is 4.90 Å². The number of hydrogen-bond acceptors (Lipinski definition) is 7. The molecule has 3 aromatic rings. The van der Waals surface area contributed by atoms with Crippen molar-refractivity contribution in [2.24, 2.45) is 4.99 Å². The lowest BCUT2D eigenvalue weighted by molar-refractivity contribution is 0.138. The normalized spacial score (nSPS) is 17.5. The van der Waals surface area contributed by atoms with Crippen molar-refractivity contribution in [2.75, 3.05) is 18.0 Å². The molecule has 4 heterocycles. The predicted octanol–water partition coefficient (Wildman–Crippen LogP) is 3.26. The number of rotatable bonds is 6. The van der Waals surface area contributed by atoms with Crippen LogP contribution in [0.2, 0.25) is 0 Å². The number of carbonyl (C=O) groups excluding carboxylic acids is 1. The Labute approximate surface area is 185 Å². The Balaban J connectivity index is 1.38. The number of aromatic nitrogens is 5. The molecule has 1 fully saturated rings. The topological polar surface area (TPSA) is 98.4 Å². The van der Waals surface area contributed by atoms with E-state index < -0.39 is 40.9 Å². The Morgan fingerprint density at radius 3 is 2.76 bits per heavy atom. The Bertz CT molecular complexity index is 1260. The minimum absolute atomic E-state index is 0.0135. The molecule has 0 aliphatic carbocycles.